The Labute approximate surface area is 147 Å². The smallest absolute Gasteiger partial charge is 0.243 e. The Morgan fingerprint density at radius 2 is 1.72 bits per heavy atom. The third kappa shape index (κ3) is 5.14. The molecule has 0 unspecified atom stereocenters. The standard InChI is InChI=1S/C20H20N4O/c1-15-11-16(2)23-20(22-15)24-21-13-18-9-6-10-19(12-18)25-14-17-7-4-3-5-8-17/h3-13H,14H2,1-2H3,(H,22,23,24)/b21-13-. The number of nitrogens with one attached hydrogen (secondary N) is 1. The van der Waals surface area contributed by atoms with Gasteiger partial charge in [0.2, 0.25) is 5.95 Å². The van der Waals surface area contributed by atoms with E-state index in [0.29, 0.717) is 12.6 Å². The van der Waals surface area contributed by atoms with E-state index in [9.17, 15) is 0 Å². The minimum atomic E-state index is 0.491. The van der Waals surface area contributed by atoms with Crippen molar-refractivity contribution in [1.82, 2.24) is 9.97 Å². The third-order valence-electron chi connectivity index (χ3n) is 3.47. The largest absolute Gasteiger partial charge is 0.489 e. The van der Waals surface area contributed by atoms with Crippen LogP contribution < -0.4 is 10.2 Å². The summed E-state index contributed by atoms with van der Waals surface area (Å²) in [6.07, 6.45) is 1.72. The zero-order chi connectivity index (χ0) is 17.5. The van der Waals surface area contributed by atoms with Gasteiger partial charge in [-0.2, -0.15) is 5.10 Å². The van der Waals surface area contributed by atoms with E-state index >= 15 is 0 Å². The summed E-state index contributed by atoms with van der Waals surface area (Å²) >= 11 is 0. The molecule has 0 spiro atoms. The minimum absolute atomic E-state index is 0.491. The van der Waals surface area contributed by atoms with Crippen LogP contribution in [-0.4, -0.2) is 16.2 Å². The van der Waals surface area contributed by atoms with Gasteiger partial charge in [0.15, 0.2) is 0 Å². The molecule has 0 amide bonds. The Hall–Kier alpha value is -3.21. The van der Waals surface area contributed by atoms with Gasteiger partial charge in [0.1, 0.15) is 12.4 Å². The number of nitrogens with zero attached hydrogens (tertiary/aromatic N) is 3. The van der Waals surface area contributed by atoms with E-state index in [4.69, 9.17) is 4.74 Å². The molecule has 0 aliphatic carbocycles. The Bertz CT molecular complexity index is 842. The third-order valence-corrected chi connectivity index (χ3v) is 3.47. The lowest BCUT2D eigenvalue weighted by atomic mass is 10.2. The first kappa shape index (κ1) is 16.6. The summed E-state index contributed by atoms with van der Waals surface area (Å²) in [5, 5.41) is 4.20. The Balaban J connectivity index is 1.61. The van der Waals surface area contributed by atoms with Crippen molar-refractivity contribution < 1.29 is 4.74 Å². The van der Waals surface area contributed by atoms with Crippen LogP contribution in [0.1, 0.15) is 22.5 Å². The maximum Gasteiger partial charge on any atom is 0.243 e. The van der Waals surface area contributed by atoms with Gasteiger partial charge in [-0.05, 0) is 43.2 Å². The number of rotatable bonds is 6. The van der Waals surface area contributed by atoms with Gasteiger partial charge in [-0.25, -0.2) is 15.4 Å². The van der Waals surface area contributed by atoms with Crippen molar-refractivity contribution in [2.24, 2.45) is 5.10 Å². The summed E-state index contributed by atoms with van der Waals surface area (Å²) in [7, 11) is 0. The zero-order valence-electron chi connectivity index (χ0n) is 14.3. The van der Waals surface area contributed by atoms with Crippen LogP contribution in [0.5, 0.6) is 5.75 Å². The molecule has 0 bridgehead atoms. The number of benzene rings is 2. The van der Waals surface area contributed by atoms with Gasteiger partial charge in [-0.15, -0.1) is 0 Å². The molecule has 0 radical (unpaired) electrons. The van der Waals surface area contributed by atoms with E-state index in [1.807, 2.05) is 74.5 Å². The number of ether oxygens (including phenoxy) is 1. The predicted octanol–water partition coefficient (Wildman–Crippen LogP) is 4.12. The Kier molecular flexibility index (Phi) is 5.36. The highest BCUT2D eigenvalue weighted by molar-refractivity contribution is 5.80. The summed E-state index contributed by atoms with van der Waals surface area (Å²) in [5.41, 5.74) is 6.73. The quantitative estimate of drug-likeness (QED) is 0.545. The number of hydrogen-bond donors (Lipinski definition) is 1. The van der Waals surface area contributed by atoms with Crippen LogP contribution in [0, 0.1) is 13.8 Å². The number of hydrazone groups is 1. The van der Waals surface area contributed by atoms with Crippen molar-refractivity contribution >= 4 is 12.2 Å². The molecule has 1 N–H and O–H groups in total. The van der Waals surface area contributed by atoms with Crippen molar-refractivity contribution in [3.05, 3.63) is 83.2 Å². The SMILES string of the molecule is Cc1cc(C)nc(N/N=C\c2cccc(OCc3ccccc3)c2)n1. The molecular weight excluding hydrogens is 312 g/mol. The molecule has 0 saturated heterocycles. The van der Waals surface area contributed by atoms with Gasteiger partial charge >= 0.3 is 0 Å². The van der Waals surface area contributed by atoms with Crippen molar-refractivity contribution in [1.29, 1.82) is 0 Å². The van der Waals surface area contributed by atoms with Crippen LogP contribution in [0.2, 0.25) is 0 Å². The first-order valence-corrected chi connectivity index (χ1v) is 8.07. The van der Waals surface area contributed by atoms with E-state index in [2.05, 4.69) is 20.5 Å². The lowest BCUT2D eigenvalue weighted by Gasteiger charge is -2.06. The van der Waals surface area contributed by atoms with E-state index in [0.717, 1.165) is 28.3 Å². The molecule has 0 saturated carbocycles. The van der Waals surface area contributed by atoms with Crippen molar-refractivity contribution in [3.8, 4) is 5.75 Å². The first-order chi connectivity index (χ1) is 12.2. The van der Waals surface area contributed by atoms with Crippen molar-refractivity contribution in [3.63, 3.8) is 0 Å². The van der Waals surface area contributed by atoms with E-state index in [1.165, 1.54) is 0 Å². The van der Waals surface area contributed by atoms with Crippen molar-refractivity contribution in [2.75, 3.05) is 5.43 Å². The van der Waals surface area contributed by atoms with Gasteiger partial charge in [0.05, 0.1) is 6.21 Å². The maximum atomic E-state index is 5.82. The number of aromatic nitrogens is 2. The molecule has 126 valence electrons. The van der Waals surface area contributed by atoms with Gasteiger partial charge in [-0.1, -0.05) is 42.5 Å². The van der Waals surface area contributed by atoms with Gasteiger partial charge in [0.25, 0.3) is 0 Å². The molecule has 25 heavy (non-hydrogen) atoms. The molecule has 3 aromatic rings. The monoisotopic (exact) mass is 332 g/mol. The normalized spacial score (nSPS) is 10.8. The second kappa shape index (κ2) is 8.06. The second-order valence-corrected chi connectivity index (χ2v) is 5.69. The Morgan fingerprint density at radius 1 is 0.960 bits per heavy atom. The second-order valence-electron chi connectivity index (χ2n) is 5.69. The van der Waals surface area contributed by atoms with Crippen LogP contribution in [0.25, 0.3) is 0 Å². The molecule has 0 aliphatic heterocycles. The summed E-state index contributed by atoms with van der Waals surface area (Å²) < 4.78 is 5.82. The van der Waals surface area contributed by atoms with Gasteiger partial charge in [0, 0.05) is 11.4 Å². The molecular formula is C20H20N4O. The fourth-order valence-corrected chi connectivity index (χ4v) is 2.37. The molecule has 0 atom stereocenters. The number of anilines is 1. The fraction of sp³-hybridized carbons (Fsp3) is 0.150. The Morgan fingerprint density at radius 3 is 2.48 bits per heavy atom. The predicted molar refractivity (Wildman–Crippen MR) is 99.9 cm³/mol. The van der Waals surface area contributed by atoms with E-state index < -0.39 is 0 Å². The average molecular weight is 332 g/mol. The fourth-order valence-electron chi connectivity index (χ4n) is 2.37. The summed E-state index contributed by atoms with van der Waals surface area (Å²) in [6.45, 7) is 4.39. The summed E-state index contributed by atoms with van der Waals surface area (Å²) in [6, 6.07) is 19.8. The molecule has 0 aliphatic rings. The lowest BCUT2D eigenvalue weighted by molar-refractivity contribution is 0.306. The van der Waals surface area contributed by atoms with Crippen LogP contribution in [0.4, 0.5) is 5.95 Å². The van der Waals surface area contributed by atoms with Crippen LogP contribution in [0.15, 0.2) is 65.8 Å². The van der Waals surface area contributed by atoms with Gasteiger partial charge in [-0.3, -0.25) is 0 Å². The highest BCUT2D eigenvalue weighted by atomic mass is 16.5. The summed E-state index contributed by atoms with van der Waals surface area (Å²) in [4.78, 5) is 8.57. The topological polar surface area (TPSA) is 59.4 Å². The molecule has 2 aromatic carbocycles. The van der Waals surface area contributed by atoms with Crippen LogP contribution in [0.3, 0.4) is 0 Å². The molecule has 5 heteroatoms. The summed E-state index contributed by atoms with van der Waals surface area (Å²) in [5.74, 6) is 1.29. The highest BCUT2D eigenvalue weighted by Gasteiger charge is 1.99. The minimum Gasteiger partial charge on any atom is -0.489 e. The zero-order valence-corrected chi connectivity index (χ0v) is 14.3. The average Bonchev–Trinajstić information content (AvgIpc) is 2.60. The first-order valence-electron chi connectivity index (χ1n) is 8.07. The lowest BCUT2D eigenvalue weighted by Crippen LogP contribution is -2.00. The maximum absolute atomic E-state index is 5.82. The highest BCUT2D eigenvalue weighted by Crippen LogP contribution is 2.14. The number of aryl methyl sites for hydroxylation is 2. The van der Waals surface area contributed by atoms with E-state index in [-0.39, 0.29) is 0 Å². The van der Waals surface area contributed by atoms with Crippen LogP contribution in [-0.2, 0) is 6.61 Å². The van der Waals surface area contributed by atoms with Gasteiger partial charge < -0.3 is 4.74 Å². The number of hydrogen-bond acceptors (Lipinski definition) is 5. The molecule has 5 nitrogen and oxygen atoms in total. The molecule has 1 aromatic heterocycles. The van der Waals surface area contributed by atoms with E-state index in [1.54, 1.807) is 6.21 Å². The van der Waals surface area contributed by atoms with Crippen molar-refractivity contribution in [2.45, 2.75) is 20.5 Å². The van der Waals surface area contributed by atoms with Crippen LogP contribution >= 0.6 is 0 Å². The molecule has 3 rings (SSSR count). The molecule has 0 fully saturated rings. The molecule has 1 heterocycles.